The van der Waals surface area contributed by atoms with Crippen LogP contribution in [0.15, 0.2) is 12.2 Å². The third kappa shape index (κ3) is 8.96. The fourth-order valence-corrected chi connectivity index (χ4v) is 2.60. The molecule has 0 saturated heterocycles. The lowest BCUT2D eigenvalue weighted by Gasteiger charge is -2.38. The number of ether oxygens (including phenoxy) is 1. The van der Waals surface area contributed by atoms with Gasteiger partial charge in [0.15, 0.2) is 0 Å². The van der Waals surface area contributed by atoms with Crippen LogP contribution in [0.4, 0.5) is 0 Å². The molecule has 0 aromatic carbocycles. The summed E-state index contributed by atoms with van der Waals surface area (Å²) in [5.74, 6) is 0. The van der Waals surface area contributed by atoms with Crippen LogP contribution in [0.1, 0.15) is 47.0 Å². The van der Waals surface area contributed by atoms with E-state index in [0.29, 0.717) is 6.61 Å². The molecule has 0 rings (SSSR count). The van der Waals surface area contributed by atoms with Crippen LogP contribution in [0, 0.1) is 0 Å². The second-order valence-corrected chi connectivity index (χ2v) is 5.25. The van der Waals surface area contributed by atoms with E-state index in [1.807, 2.05) is 6.92 Å². The largest absolute Gasteiger partial charge is 1.00 e. The molecule has 110 valence electrons. The van der Waals surface area contributed by atoms with Crippen molar-refractivity contribution in [3.63, 3.8) is 0 Å². The Bertz CT molecular complexity index is 190. The molecule has 0 unspecified atom stereocenters. The Kier molecular flexibility index (Phi) is 13.5. The summed E-state index contributed by atoms with van der Waals surface area (Å²) in [6.45, 7) is 19.3. The minimum Gasteiger partial charge on any atom is -1.00 e. The maximum Gasteiger partial charge on any atom is 0.102 e. The molecular weight excluding hydrogens is 246 g/mol. The molecule has 0 aromatic rings. The van der Waals surface area contributed by atoms with Crippen LogP contribution in [-0.4, -0.2) is 43.9 Å². The zero-order chi connectivity index (χ0) is 13.1. The lowest BCUT2D eigenvalue weighted by atomic mass is 10.2. The number of rotatable bonds is 11. The smallest absolute Gasteiger partial charge is 0.102 e. The molecule has 0 saturated carbocycles. The van der Waals surface area contributed by atoms with Crippen LogP contribution in [0.25, 0.3) is 0 Å². The monoisotopic (exact) mass is 277 g/mol. The lowest BCUT2D eigenvalue weighted by Crippen LogP contribution is -3.00. The molecule has 3 heteroatoms. The minimum atomic E-state index is 0. The Morgan fingerprint density at radius 1 is 0.944 bits per heavy atom. The van der Waals surface area contributed by atoms with E-state index < -0.39 is 0 Å². The van der Waals surface area contributed by atoms with E-state index >= 15 is 0 Å². The van der Waals surface area contributed by atoms with Gasteiger partial charge in [-0.2, -0.15) is 0 Å². The van der Waals surface area contributed by atoms with Crippen molar-refractivity contribution in [1.29, 1.82) is 0 Å². The van der Waals surface area contributed by atoms with Gasteiger partial charge in [0.2, 0.25) is 0 Å². The fourth-order valence-electron chi connectivity index (χ4n) is 2.60. The van der Waals surface area contributed by atoms with Crippen molar-refractivity contribution in [2.45, 2.75) is 47.0 Å². The van der Waals surface area contributed by atoms with Crippen LogP contribution in [0.5, 0.6) is 0 Å². The van der Waals surface area contributed by atoms with Crippen LogP contribution in [0.2, 0.25) is 0 Å². The van der Waals surface area contributed by atoms with Crippen molar-refractivity contribution in [3.05, 3.63) is 12.2 Å². The molecule has 2 nitrogen and oxygen atoms in total. The van der Waals surface area contributed by atoms with Crippen molar-refractivity contribution in [1.82, 2.24) is 0 Å². The van der Waals surface area contributed by atoms with Crippen LogP contribution in [0.3, 0.4) is 0 Å². The van der Waals surface area contributed by atoms with Crippen LogP contribution >= 0.6 is 0 Å². The molecule has 0 aliphatic heterocycles. The highest BCUT2D eigenvalue weighted by molar-refractivity contribution is 4.87. The first-order valence-electron chi connectivity index (χ1n) is 7.17. The third-order valence-corrected chi connectivity index (χ3v) is 3.15. The molecule has 0 radical (unpaired) electrons. The summed E-state index contributed by atoms with van der Waals surface area (Å²) in [6.07, 6.45) is 3.79. The molecule has 0 amide bonds. The van der Waals surface area contributed by atoms with E-state index in [4.69, 9.17) is 4.74 Å². The fraction of sp³-hybridized carbons (Fsp3) is 0.867. The molecule has 0 aromatic heterocycles. The summed E-state index contributed by atoms with van der Waals surface area (Å²) >= 11 is 0. The Hall–Kier alpha value is -0.0500. The zero-order valence-corrected chi connectivity index (χ0v) is 13.6. The van der Waals surface area contributed by atoms with Crippen molar-refractivity contribution in [2.24, 2.45) is 0 Å². The summed E-state index contributed by atoms with van der Waals surface area (Å²) in [6, 6.07) is 0. The number of halogens is 1. The predicted molar refractivity (Wildman–Crippen MR) is 76.2 cm³/mol. The summed E-state index contributed by atoms with van der Waals surface area (Å²) in [5, 5.41) is 0. The van der Waals surface area contributed by atoms with Gasteiger partial charge in [-0.1, -0.05) is 32.9 Å². The maximum atomic E-state index is 5.67. The molecule has 0 N–H and O–H groups in total. The highest BCUT2D eigenvalue weighted by Gasteiger charge is 2.23. The normalized spacial score (nSPS) is 11.1. The van der Waals surface area contributed by atoms with Gasteiger partial charge in [0.25, 0.3) is 0 Å². The SMILES string of the molecule is C=C(C)COCC[N+](CCC)(CCC)CCC.[Cl-]. The van der Waals surface area contributed by atoms with Gasteiger partial charge in [0.1, 0.15) is 6.54 Å². The predicted octanol–water partition coefficient (Wildman–Crippen LogP) is 0.630. The standard InChI is InChI=1S/C15H32NO.ClH/c1-6-9-16(10-7-2,11-8-3)12-13-17-14-15(4)5;/h4,6-14H2,1-3,5H3;1H/q+1;/p-1. The second kappa shape index (κ2) is 12.0. The first-order valence-corrected chi connectivity index (χ1v) is 7.17. The molecule has 0 heterocycles. The number of hydrogen-bond acceptors (Lipinski definition) is 1. The van der Waals surface area contributed by atoms with E-state index in [1.54, 1.807) is 0 Å². The summed E-state index contributed by atoms with van der Waals surface area (Å²) < 4.78 is 6.91. The number of nitrogens with zero attached hydrogens (tertiary/aromatic N) is 1. The van der Waals surface area contributed by atoms with Gasteiger partial charge < -0.3 is 21.6 Å². The van der Waals surface area contributed by atoms with Gasteiger partial charge in [-0.3, -0.25) is 0 Å². The van der Waals surface area contributed by atoms with Gasteiger partial charge in [-0.05, 0) is 26.2 Å². The molecule has 0 bridgehead atoms. The molecule has 18 heavy (non-hydrogen) atoms. The maximum absolute atomic E-state index is 5.67. The third-order valence-electron chi connectivity index (χ3n) is 3.15. The summed E-state index contributed by atoms with van der Waals surface area (Å²) in [4.78, 5) is 0. The van der Waals surface area contributed by atoms with Gasteiger partial charge in [-0.15, -0.1) is 0 Å². The first kappa shape index (κ1) is 20.3. The van der Waals surface area contributed by atoms with E-state index in [0.717, 1.165) is 18.7 Å². The highest BCUT2D eigenvalue weighted by Crippen LogP contribution is 2.11. The minimum absolute atomic E-state index is 0. The quantitative estimate of drug-likeness (QED) is 0.306. The van der Waals surface area contributed by atoms with Gasteiger partial charge in [-0.25, -0.2) is 0 Å². The van der Waals surface area contributed by atoms with Crippen molar-refractivity contribution < 1.29 is 21.6 Å². The second-order valence-electron chi connectivity index (χ2n) is 5.25. The first-order chi connectivity index (χ1) is 8.10. The molecule has 0 atom stereocenters. The van der Waals surface area contributed by atoms with Crippen LogP contribution < -0.4 is 12.4 Å². The van der Waals surface area contributed by atoms with Crippen molar-refractivity contribution >= 4 is 0 Å². The Morgan fingerprint density at radius 3 is 1.72 bits per heavy atom. The highest BCUT2D eigenvalue weighted by atomic mass is 35.5. The van der Waals surface area contributed by atoms with E-state index in [1.165, 1.54) is 43.4 Å². The van der Waals surface area contributed by atoms with E-state index in [2.05, 4.69) is 27.4 Å². The average molecular weight is 278 g/mol. The van der Waals surface area contributed by atoms with Gasteiger partial charge >= 0.3 is 0 Å². The summed E-state index contributed by atoms with van der Waals surface area (Å²) in [5.41, 5.74) is 1.12. The Labute approximate surface area is 120 Å². The topological polar surface area (TPSA) is 9.23 Å². The van der Waals surface area contributed by atoms with Crippen LogP contribution in [-0.2, 0) is 4.74 Å². The zero-order valence-electron chi connectivity index (χ0n) is 12.8. The average Bonchev–Trinajstić information content (AvgIpc) is 2.25. The molecular formula is C15H32ClNO. The number of hydrogen-bond donors (Lipinski definition) is 0. The molecule has 0 fully saturated rings. The van der Waals surface area contributed by atoms with Gasteiger partial charge in [0, 0.05) is 0 Å². The van der Waals surface area contributed by atoms with E-state index in [-0.39, 0.29) is 12.4 Å². The lowest BCUT2D eigenvalue weighted by molar-refractivity contribution is -0.928. The number of quaternary nitrogens is 1. The Morgan fingerprint density at radius 2 is 1.39 bits per heavy atom. The summed E-state index contributed by atoms with van der Waals surface area (Å²) in [7, 11) is 0. The molecule has 0 spiro atoms. The van der Waals surface area contributed by atoms with Crippen molar-refractivity contribution in [3.8, 4) is 0 Å². The molecule has 0 aliphatic carbocycles. The van der Waals surface area contributed by atoms with E-state index in [9.17, 15) is 0 Å². The van der Waals surface area contributed by atoms with Gasteiger partial charge in [0.05, 0.1) is 32.8 Å². The van der Waals surface area contributed by atoms with Crippen molar-refractivity contribution in [2.75, 3.05) is 39.4 Å². The molecule has 0 aliphatic rings. The Balaban J connectivity index is 0.